The molecule has 0 aromatic carbocycles. The monoisotopic (exact) mass is 1060 g/mol. The Morgan fingerprint density at radius 3 is 1.49 bits per heavy atom. The van der Waals surface area contributed by atoms with Crippen LogP contribution in [0.2, 0.25) is 0 Å². The standard InChI is InChI=1S/C37H61Cl2N13O11S4/c38-35-50-36-40-12-13-41-64(53,54)26-23(37(39,51-35)52-36)24(66(58,59)60)21-22(25(26)67(61,62)63)34-48-32-20-18(10-5-11-19(20)65(55,56)57)31(47-32)45-29-15-7-2-1-6-14(15)27(43-29)42-28-16-8-3-4-9-17(16)30(44-28)46-33(21)49-34/h14-34,41-49H,1-13H2,(H,55,56,57)(H,58,59,60)(H,61,62,63)(H2,40,50,51,52). The molecule has 9 fully saturated rings. The van der Waals surface area contributed by atoms with Crippen molar-refractivity contribution in [3.05, 3.63) is 0 Å². The summed E-state index contributed by atoms with van der Waals surface area (Å²) in [5, 5.41) is 23.4. The molecule has 4 saturated carbocycles. The van der Waals surface area contributed by atoms with Crippen molar-refractivity contribution < 1.29 is 47.3 Å². The molecule has 22 atom stereocenters. The summed E-state index contributed by atoms with van der Waals surface area (Å²) >= 11 is 13.7. The van der Waals surface area contributed by atoms with Gasteiger partial charge < -0.3 is 10.6 Å². The highest BCUT2D eigenvalue weighted by molar-refractivity contribution is 7.93. The third-order valence-corrected chi connectivity index (χ3v) is 24.0. The molecule has 11 aliphatic rings. The molecule has 0 spiro atoms. The van der Waals surface area contributed by atoms with Crippen molar-refractivity contribution in [2.75, 3.05) is 13.1 Å². The highest BCUT2D eigenvalue weighted by Gasteiger charge is 2.73. The average molecular weight is 1060 g/mol. The molecule has 11 rings (SSSR count). The van der Waals surface area contributed by atoms with Gasteiger partial charge in [-0.05, 0) is 79.7 Å². The summed E-state index contributed by atoms with van der Waals surface area (Å²) in [5.41, 5.74) is 0. The van der Waals surface area contributed by atoms with E-state index in [0.717, 1.165) is 51.4 Å². The lowest BCUT2D eigenvalue weighted by molar-refractivity contribution is 0.122. The van der Waals surface area contributed by atoms with Crippen molar-refractivity contribution in [1.29, 1.82) is 0 Å². The van der Waals surface area contributed by atoms with Crippen molar-refractivity contribution in [2.24, 2.45) is 63.2 Å². The summed E-state index contributed by atoms with van der Waals surface area (Å²) in [6, 6.07) is 0. The molecule has 22 unspecified atom stereocenters. The Kier molecular flexibility index (Phi) is 12.4. The van der Waals surface area contributed by atoms with E-state index in [0.29, 0.717) is 12.8 Å². The predicted octanol–water partition coefficient (Wildman–Crippen LogP) is -2.62. The quantitative estimate of drug-likeness (QED) is 0.0782. The first-order valence-electron chi connectivity index (χ1n) is 23.6. The first-order valence-corrected chi connectivity index (χ1v) is 30.4. The maximum absolute atomic E-state index is 14.8. The Morgan fingerprint density at radius 1 is 0.567 bits per heavy atom. The molecule has 0 amide bonds. The molecule has 7 aliphatic heterocycles. The lowest BCUT2D eigenvalue weighted by Crippen LogP contribution is -2.74. The fourth-order valence-electron chi connectivity index (χ4n) is 15.1. The van der Waals surface area contributed by atoms with Gasteiger partial charge in [-0.25, -0.2) is 18.1 Å². The Balaban J connectivity index is 1.10. The average Bonchev–Trinajstić information content (AvgIpc) is 3.98. The lowest BCUT2D eigenvalue weighted by atomic mass is 9.70. The van der Waals surface area contributed by atoms with Gasteiger partial charge in [-0.1, -0.05) is 43.7 Å². The minimum Gasteiger partial charge on any atom is -0.319 e. The van der Waals surface area contributed by atoms with Gasteiger partial charge in [0.1, 0.15) is 15.7 Å². The first kappa shape index (κ1) is 48.1. The number of guanidine groups is 1. The van der Waals surface area contributed by atoms with E-state index < -0.39 is 139 Å². The minimum absolute atomic E-state index is 0.0216. The van der Waals surface area contributed by atoms with Gasteiger partial charge in [-0.15, -0.1) is 0 Å². The zero-order valence-electron chi connectivity index (χ0n) is 36.2. The van der Waals surface area contributed by atoms with E-state index in [1.165, 1.54) is 0 Å². The summed E-state index contributed by atoms with van der Waals surface area (Å²) in [7, 11) is -20.8. The van der Waals surface area contributed by atoms with Gasteiger partial charge in [-0.3, -0.25) is 61.2 Å². The van der Waals surface area contributed by atoms with Crippen molar-refractivity contribution in [3.8, 4) is 0 Å². The van der Waals surface area contributed by atoms with Crippen LogP contribution in [0.4, 0.5) is 0 Å². The van der Waals surface area contributed by atoms with Crippen LogP contribution in [-0.2, 0) is 40.4 Å². The highest BCUT2D eigenvalue weighted by atomic mass is 35.5. The number of hydrogen-bond donors (Lipinski definition) is 14. The molecule has 0 radical (unpaired) electrons. The smallest absolute Gasteiger partial charge is 0.269 e. The minimum atomic E-state index is -5.56. The van der Waals surface area contributed by atoms with Crippen LogP contribution in [0.15, 0.2) is 9.98 Å². The van der Waals surface area contributed by atoms with Crippen LogP contribution in [0, 0.1) is 53.3 Å². The summed E-state index contributed by atoms with van der Waals surface area (Å²) in [6.07, 6.45) is 3.56. The molecule has 5 saturated heterocycles. The molecule has 7 heterocycles. The molecule has 14 N–H and O–H groups in total. The topological polar surface area (TPSA) is 354 Å². The maximum atomic E-state index is 14.8. The lowest BCUT2D eigenvalue weighted by Gasteiger charge is -2.52. The summed E-state index contributed by atoms with van der Waals surface area (Å²) < 4.78 is 150. The van der Waals surface area contributed by atoms with Gasteiger partial charge in [0.2, 0.25) is 26.4 Å². The number of fused-ring (bicyclic) bond motifs is 24. The number of nitrogens with one attached hydrogen (secondary N) is 11. The number of aliphatic imine (C=N–C) groups is 2. The van der Waals surface area contributed by atoms with Crippen LogP contribution >= 0.6 is 23.2 Å². The number of rotatable bonds is 3. The van der Waals surface area contributed by atoms with Gasteiger partial charge in [0, 0.05) is 24.3 Å². The van der Waals surface area contributed by atoms with Crippen LogP contribution < -0.4 is 57.9 Å². The van der Waals surface area contributed by atoms with E-state index in [1.54, 1.807) is 0 Å². The molecule has 67 heavy (non-hydrogen) atoms. The fraction of sp³-hybridized carbons (Fsp3) is 0.946. The first-order chi connectivity index (χ1) is 31.6. The number of alkyl halides is 1. The Bertz CT molecular complexity index is 2500. The maximum Gasteiger partial charge on any atom is 0.269 e. The van der Waals surface area contributed by atoms with Crippen molar-refractivity contribution >= 4 is 74.8 Å². The van der Waals surface area contributed by atoms with Crippen LogP contribution in [-0.4, -0.2) is 147 Å². The SMILES string of the molecule is O=S(=O)(O)C1CCCC2C3NC4NC(NC5NC(NC6NC(NC(N3)C21)C1C6C(S(=O)(=O)O)C2C(C1S(=O)(=O)O)S(=O)(=O)NCCN=C1NC(Cl)=NC2(Cl)N1)C1CCCCC51)C1CCCCC41. The van der Waals surface area contributed by atoms with Gasteiger partial charge in [0.05, 0.1) is 67.0 Å². The number of hydrogen-bond acceptors (Lipinski definition) is 20. The molecule has 0 aromatic rings. The van der Waals surface area contributed by atoms with Gasteiger partial charge in [-0.2, -0.15) is 25.3 Å². The van der Waals surface area contributed by atoms with Crippen molar-refractivity contribution in [1.82, 2.24) is 57.9 Å². The third-order valence-electron chi connectivity index (χ3n) is 17.4. The summed E-state index contributed by atoms with van der Waals surface area (Å²) in [4.78, 5) is 8.50. The van der Waals surface area contributed by atoms with Gasteiger partial charge in [0.15, 0.2) is 0 Å². The molecular formula is C37H61Cl2N13O11S4. The normalized spacial score (nSPS) is 50.7. The Morgan fingerprint density at radius 2 is 1.00 bits per heavy atom. The Labute approximate surface area is 400 Å². The van der Waals surface area contributed by atoms with E-state index in [9.17, 15) is 47.3 Å². The van der Waals surface area contributed by atoms with E-state index in [2.05, 4.69) is 67.9 Å². The van der Waals surface area contributed by atoms with Crippen LogP contribution in [0.1, 0.15) is 70.6 Å². The van der Waals surface area contributed by atoms with Crippen LogP contribution in [0.25, 0.3) is 0 Å². The zero-order chi connectivity index (χ0) is 47.2. The second-order valence-corrected chi connectivity index (χ2v) is 28.3. The highest BCUT2D eigenvalue weighted by Crippen LogP contribution is 2.54. The number of halogens is 2. The van der Waals surface area contributed by atoms with Crippen molar-refractivity contribution in [2.45, 2.75) is 146 Å². The van der Waals surface area contributed by atoms with Gasteiger partial charge in [0.25, 0.3) is 30.4 Å². The van der Waals surface area contributed by atoms with E-state index >= 15 is 0 Å². The molecule has 30 heteroatoms. The zero-order valence-corrected chi connectivity index (χ0v) is 41.0. The summed E-state index contributed by atoms with van der Waals surface area (Å²) in [5.74, 6) is -6.27. The molecule has 0 aromatic heterocycles. The van der Waals surface area contributed by atoms with E-state index in [1.807, 2.05) is 0 Å². The van der Waals surface area contributed by atoms with Crippen LogP contribution in [0.5, 0.6) is 0 Å². The Hall–Kier alpha value is -1.16. The molecule has 24 nitrogen and oxygen atoms in total. The van der Waals surface area contributed by atoms with Gasteiger partial charge >= 0.3 is 0 Å². The number of amidine groups is 1. The van der Waals surface area contributed by atoms with E-state index in [4.69, 9.17) is 23.2 Å². The molecule has 4 aliphatic carbocycles. The number of sulfonamides is 1. The third kappa shape index (κ3) is 8.38. The molecule has 10 bridgehead atoms. The second kappa shape index (κ2) is 17.2. The fourth-order valence-corrected chi connectivity index (χ4v) is 22.7. The largest absolute Gasteiger partial charge is 0.319 e. The molecule has 378 valence electrons. The van der Waals surface area contributed by atoms with E-state index in [-0.39, 0.29) is 61.1 Å². The van der Waals surface area contributed by atoms with Crippen molar-refractivity contribution in [3.63, 3.8) is 0 Å². The van der Waals surface area contributed by atoms with Crippen LogP contribution in [0.3, 0.4) is 0 Å². The molecular weight excluding hydrogens is 1000 g/mol. The summed E-state index contributed by atoms with van der Waals surface area (Å²) in [6.45, 7) is -0.630. The second-order valence-electron chi connectivity index (χ2n) is 20.7. The predicted molar refractivity (Wildman–Crippen MR) is 245 cm³/mol. The number of nitrogens with zero attached hydrogens (tertiary/aromatic N) is 2.